The van der Waals surface area contributed by atoms with Gasteiger partial charge in [-0.15, -0.1) is 0 Å². The summed E-state index contributed by atoms with van der Waals surface area (Å²) in [5.41, 5.74) is 3.14. The van der Waals surface area contributed by atoms with Crippen molar-refractivity contribution in [3.05, 3.63) is 69.2 Å². The Kier molecular flexibility index (Phi) is 4.43. The molecule has 0 spiro atoms. The first-order valence-electron chi connectivity index (χ1n) is 7.38. The smallest absolute Gasteiger partial charge is 0.281 e. The lowest BCUT2D eigenvalue weighted by molar-refractivity contribution is 0.101. The zero-order chi connectivity index (χ0) is 17.1. The first-order chi connectivity index (χ1) is 11.6. The number of carbonyl (C=O) groups is 1. The molecule has 0 saturated heterocycles. The molecule has 24 heavy (non-hydrogen) atoms. The van der Waals surface area contributed by atoms with E-state index in [2.05, 4.69) is 10.4 Å². The zero-order valence-corrected chi connectivity index (χ0v) is 13.7. The zero-order valence-electron chi connectivity index (χ0n) is 12.9. The summed E-state index contributed by atoms with van der Waals surface area (Å²) in [4.78, 5) is 27.9. The first-order valence-corrected chi connectivity index (χ1v) is 7.79. The molecule has 0 radical (unpaired) electrons. The van der Waals surface area contributed by atoms with Gasteiger partial charge in [-0.05, 0) is 49.5 Å². The summed E-state index contributed by atoms with van der Waals surface area (Å²) in [6, 6.07) is 13.7. The molecule has 0 aliphatic rings. The number of rotatable bonds is 4. The molecule has 3 aromatic rings. The van der Waals surface area contributed by atoms with Crippen LogP contribution in [-0.4, -0.2) is 22.2 Å². The summed E-state index contributed by atoms with van der Waals surface area (Å²) in [6.45, 7) is 2.36. The molecule has 1 heterocycles. The summed E-state index contributed by atoms with van der Waals surface area (Å²) in [5.74, 6) is 0.134. The minimum atomic E-state index is -0.451. The third-order valence-corrected chi connectivity index (χ3v) is 3.71. The second kappa shape index (κ2) is 6.67. The number of hydrogen-bond donors (Lipinski definition) is 2. The number of ether oxygens (including phenoxy) is 1. The second-order valence-electron chi connectivity index (χ2n) is 5.02. The number of nitrogens with zero attached hydrogens (tertiary/aromatic N) is 1. The van der Waals surface area contributed by atoms with Crippen molar-refractivity contribution < 1.29 is 9.53 Å². The number of carbonyl (C=O) groups excluding carboxylic acids is 1. The Morgan fingerprint density at radius 2 is 2.04 bits per heavy atom. The molecular weight excluding hydrogens is 326 g/mol. The van der Waals surface area contributed by atoms with E-state index in [1.54, 1.807) is 48.5 Å². The molecule has 2 N–H and O–H groups in total. The van der Waals surface area contributed by atoms with Crippen LogP contribution in [0.1, 0.15) is 17.3 Å². The highest BCUT2D eigenvalue weighted by molar-refractivity contribution is 7.71. The number of hydrogen-bond acceptors (Lipinski definition) is 4. The van der Waals surface area contributed by atoms with Gasteiger partial charge in [-0.2, -0.15) is 4.68 Å². The van der Waals surface area contributed by atoms with E-state index >= 15 is 0 Å². The fraction of sp³-hybridized carbons (Fsp3) is 0.118. The Morgan fingerprint density at radius 1 is 1.25 bits per heavy atom. The molecule has 3 rings (SSSR count). The molecule has 0 aliphatic heterocycles. The van der Waals surface area contributed by atoms with E-state index in [0.29, 0.717) is 28.8 Å². The van der Waals surface area contributed by atoms with Crippen molar-refractivity contribution in [2.24, 2.45) is 0 Å². The van der Waals surface area contributed by atoms with Crippen LogP contribution < -0.4 is 15.7 Å². The number of nitrogens with one attached hydrogen (secondary N) is 2. The van der Waals surface area contributed by atoms with Crippen molar-refractivity contribution in [2.75, 3.05) is 12.0 Å². The number of fused-ring (bicyclic) bond motifs is 1. The molecular formula is C17H15N3O3S. The van der Waals surface area contributed by atoms with Gasteiger partial charge in [0.15, 0.2) is 4.77 Å². The number of aromatic nitrogens is 2. The van der Waals surface area contributed by atoms with E-state index in [1.807, 2.05) is 6.92 Å². The highest BCUT2D eigenvalue weighted by atomic mass is 32.1. The minimum absolute atomic E-state index is 0.119. The Bertz CT molecular complexity index is 1020. The largest absolute Gasteiger partial charge is 0.494 e. The maximum atomic E-state index is 12.5. The van der Waals surface area contributed by atoms with Crippen LogP contribution in [0.2, 0.25) is 0 Å². The predicted octanol–water partition coefficient (Wildman–Crippen LogP) is 2.84. The molecule has 6 nitrogen and oxygen atoms in total. The van der Waals surface area contributed by atoms with E-state index in [1.165, 1.54) is 0 Å². The van der Waals surface area contributed by atoms with Gasteiger partial charge in [0.1, 0.15) is 5.75 Å². The Morgan fingerprint density at radius 3 is 2.83 bits per heavy atom. The fourth-order valence-corrected chi connectivity index (χ4v) is 2.56. The third kappa shape index (κ3) is 3.07. The van der Waals surface area contributed by atoms with Crippen LogP contribution in [0.4, 0.5) is 0 Å². The highest BCUT2D eigenvalue weighted by Crippen LogP contribution is 2.13. The van der Waals surface area contributed by atoms with Gasteiger partial charge in [0.25, 0.3) is 11.5 Å². The van der Waals surface area contributed by atoms with Gasteiger partial charge < -0.3 is 9.72 Å². The van der Waals surface area contributed by atoms with Gasteiger partial charge in [-0.1, -0.05) is 18.2 Å². The molecule has 122 valence electrons. The van der Waals surface area contributed by atoms with Crippen molar-refractivity contribution >= 4 is 29.0 Å². The topological polar surface area (TPSA) is 76.1 Å². The van der Waals surface area contributed by atoms with Crippen molar-refractivity contribution in [3.63, 3.8) is 0 Å². The SMILES string of the molecule is CCOc1cccc(C(=O)Nn2c(=S)[nH]c3ccccc3c2=O)c1. The van der Waals surface area contributed by atoms with Crippen LogP contribution in [0.3, 0.4) is 0 Å². The van der Waals surface area contributed by atoms with Crippen molar-refractivity contribution in [3.8, 4) is 5.75 Å². The number of amides is 1. The number of benzene rings is 2. The summed E-state index contributed by atoms with van der Waals surface area (Å²) >= 11 is 5.17. The summed E-state index contributed by atoms with van der Waals surface area (Å²) < 4.78 is 6.53. The van der Waals surface area contributed by atoms with E-state index in [4.69, 9.17) is 17.0 Å². The minimum Gasteiger partial charge on any atom is -0.494 e. The van der Waals surface area contributed by atoms with Crippen LogP contribution in [0, 0.1) is 4.77 Å². The van der Waals surface area contributed by atoms with Gasteiger partial charge >= 0.3 is 0 Å². The Balaban J connectivity index is 1.98. The van der Waals surface area contributed by atoms with Crippen LogP contribution in [0.15, 0.2) is 53.3 Å². The molecule has 1 amide bonds. The Labute approximate surface area is 142 Å². The summed E-state index contributed by atoms with van der Waals surface area (Å²) in [5, 5.41) is 0.439. The van der Waals surface area contributed by atoms with E-state index in [9.17, 15) is 9.59 Å². The molecule has 0 unspecified atom stereocenters. The third-order valence-electron chi connectivity index (χ3n) is 3.43. The van der Waals surface area contributed by atoms with Crippen molar-refractivity contribution in [1.29, 1.82) is 0 Å². The monoisotopic (exact) mass is 341 g/mol. The fourth-order valence-electron chi connectivity index (χ4n) is 2.32. The molecule has 0 aliphatic carbocycles. The first kappa shape index (κ1) is 15.9. The van der Waals surface area contributed by atoms with Crippen LogP contribution in [0.5, 0.6) is 5.75 Å². The number of aromatic amines is 1. The normalized spacial score (nSPS) is 10.5. The lowest BCUT2D eigenvalue weighted by Gasteiger charge is -2.10. The van der Waals surface area contributed by atoms with Gasteiger partial charge in [-0.25, -0.2) is 0 Å². The van der Waals surface area contributed by atoms with Gasteiger partial charge in [0, 0.05) is 5.56 Å². The maximum Gasteiger partial charge on any atom is 0.281 e. The average Bonchev–Trinajstić information content (AvgIpc) is 2.59. The molecule has 0 atom stereocenters. The lowest BCUT2D eigenvalue weighted by atomic mass is 10.2. The quantitative estimate of drug-likeness (QED) is 0.716. The number of H-pyrrole nitrogens is 1. The maximum absolute atomic E-state index is 12.5. The van der Waals surface area contributed by atoms with Gasteiger partial charge in [0.05, 0.1) is 17.5 Å². The molecule has 0 fully saturated rings. The van der Waals surface area contributed by atoms with E-state index in [0.717, 1.165) is 4.68 Å². The molecule has 7 heteroatoms. The average molecular weight is 341 g/mol. The second-order valence-corrected chi connectivity index (χ2v) is 5.40. The standard InChI is InChI=1S/C17H15N3O3S/c1-2-23-12-7-5-6-11(10-12)15(21)19-20-16(22)13-8-3-4-9-14(13)18-17(20)24/h3-10H,2H2,1H3,(H,18,24)(H,19,21). The van der Waals surface area contributed by atoms with Crippen molar-refractivity contribution in [1.82, 2.24) is 9.66 Å². The van der Waals surface area contributed by atoms with Gasteiger partial charge in [0.2, 0.25) is 0 Å². The molecule has 2 aromatic carbocycles. The highest BCUT2D eigenvalue weighted by Gasteiger charge is 2.11. The summed E-state index contributed by atoms with van der Waals surface area (Å²) in [6.07, 6.45) is 0. The van der Waals surface area contributed by atoms with Crippen molar-refractivity contribution in [2.45, 2.75) is 6.92 Å². The Hall–Kier alpha value is -2.93. The molecule has 0 saturated carbocycles. The van der Waals surface area contributed by atoms with Crippen LogP contribution in [-0.2, 0) is 0 Å². The van der Waals surface area contributed by atoms with Crippen LogP contribution >= 0.6 is 12.2 Å². The van der Waals surface area contributed by atoms with Gasteiger partial charge in [-0.3, -0.25) is 15.0 Å². The molecule has 0 bridgehead atoms. The molecule has 1 aromatic heterocycles. The van der Waals surface area contributed by atoms with Crippen LogP contribution in [0.25, 0.3) is 10.9 Å². The number of para-hydroxylation sites is 1. The van der Waals surface area contributed by atoms with E-state index in [-0.39, 0.29) is 10.3 Å². The summed E-state index contributed by atoms with van der Waals surface area (Å²) in [7, 11) is 0. The lowest BCUT2D eigenvalue weighted by Crippen LogP contribution is -2.34. The van der Waals surface area contributed by atoms with E-state index < -0.39 is 5.91 Å². The predicted molar refractivity (Wildman–Crippen MR) is 94.7 cm³/mol.